The molecule has 0 spiro atoms. The van der Waals surface area contributed by atoms with Gasteiger partial charge in [0, 0.05) is 48.0 Å². The Hall–Kier alpha value is -7.98. The van der Waals surface area contributed by atoms with Gasteiger partial charge in [-0.25, -0.2) is 0 Å². The number of hydrogen-bond acceptors (Lipinski definition) is 2. The van der Waals surface area contributed by atoms with E-state index in [0.29, 0.717) is 0 Å². The van der Waals surface area contributed by atoms with Crippen molar-refractivity contribution in [2.24, 2.45) is 0 Å². The molecule has 0 aliphatic heterocycles. The molecule has 2 nitrogen and oxygen atoms in total. The van der Waals surface area contributed by atoms with Crippen LogP contribution in [0.15, 0.2) is 243 Å². The normalized spacial score (nSPS) is 11.5. The largest absolute Gasteiger partial charge is 0.310 e. The zero-order valence-electron chi connectivity index (χ0n) is 34.4. The molecule has 0 saturated heterocycles. The van der Waals surface area contributed by atoms with E-state index in [2.05, 4.69) is 252 Å². The van der Waals surface area contributed by atoms with E-state index in [0.717, 1.165) is 22.6 Å². The molecule has 0 N–H and O–H groups in total. The highest BCUT2D eigenvalue weighted by atomic mass is 32.1. The molecule has 0 unspecified atom stereocenters. The summed E-state index contributed by atoms with van der Waals surface area (Å²) in [6.07, 6.45) is 0. The topological polar surface area (TPSA) is 8.17 Å². The van der Waals surface area contributed by atoms with Gasteiger partial charge in [-0.2, -0.15) is 0 Å². The van der Waals surface area contributed by atoms with Gasteiger partial charge in [0.25, 0.3) is 0 Å². The number of nitrogens with zero attached hydrogens (tertiary/aromatic N) is 2. The summed E-state index contributed by atoms with van der Waals surface area (Å²) in [5.41, 5.74) is 16.5. The molecule has 3 heteroatoms. The van der Waals surface area contributed by atoms with Gasteiger partial charge < -0.3 is 9.47 Å². The third-order valence-electron chi connectivity index (χ3n) is 12.4. The molecule has 296 valence electrons. The average Bonchev–Trinajstić information content (AvgIpc) is 3.91. The van der Waals surface area contributed by atoms with Crippen LogP contribution >= 0.6 is 11.3 Å². The smallest absolute Gasteiger partial charge is 0.0555 e. The number of fused-ring (bicyclic) bond motifs is 6. The first-order valence-electron chi connectivity index (χ1n) is 21.5. The van der Waals surface area contributed by atoms with Crippen LogP contribution in [0.1, 0.15) is 0 Å². The molecule has 0 atom stereocenters. The molecule has 12 aromatic rings. The lowest BCUT2D eigenvalue weighted by Crippen LogP contribution is -2.09. The molecule has 0 aliphatic carbocycles. The predicted octanol–water partition coefficient (Wildman–Crippen LogP) is 17.3. The average molecular weight is 821 g/mol. The van der Waals surface area contributed by atoms with Crippen molar-refractivity contribution in [3.05, 3.63) is 243 Å². The Kier molecular flexibility index (Phi) is 9.06. The van der Waals surface area contributed by atoms with Crippen LogP contribution in [0.2, 0.25) is 0 Å². The maximum Gasteiger partial charge on any atom is 0.0555 e. The molecule has 63 heavy (non-hydrogen) atoms. The molecular formula is C60H40N2S. The van der Waals surface area contributed by atoms with Crippen molar-refractivity contribution in [3.8, 4) is 50.2 Å². The van der Waals surface area contributed by atoms with E-state index < -0.39 is 0 Å². The molecule has 0 saturated carbocycles. The molecule has 0 aliphatic rings. The van der Waals surface area contributed by atoms with E-state index in [-0.39, 0.29) is 0 Å². The lowest BCUT2D eigenvalue weighted by molar-refractivity contribution is 1.20. The van der Waals surface area contributed by atoms with E-state index in [1.807, 2.05) is 11.3 Å². The van der Waals surface area contributed by atoms with Crippen molar-refractivity contribution in [3.63, 3.8) is 0 Å². The van der Waals surface area contributed by atoms with E-state index in [1.54, 1.807) is 0 Å². The maximum atomic E-state index is 2.47. The Morgan fingerprint density at radius 1 is 0.302 bits per heavy atom. The summed E-state index contributed by atoms with van der Waals surface area (Å²) in [6, 6.07) is 88.2. The van der Waals surface area contributed by atoms with Gasteiger partial charge in [0.15, 0.2) is 0 Å². The summed E-state index contributed by atoms with van der Waals surface area (Å²) in [4.78, 5) is 2.36. The minimum absolute atomic E-state index is 1.10. The van der Waals surface area contributed by atoms with E-state index in [1.165, 1.54) is 86.6 Å². The molecule has 0 radical (unpaired) electrons. The zero-order valence-corrected chi connectivity index (χ0v) is 35.2. The standard InChI is InChI=1S/C60H40N2S/c1-3-17-41(18-4-1)48-23-7-8-24-49(48)42-33-36-46(37-34-42)61(45-20-5-2-6-21-45)47-22-15-19-43(39-47)50-25-9-10-26-51(50)44-35-38-56-54(40-44)52-27-11-13-29-55(52)62(56)57-30-16-32-59-60(57)53-28-12-14-31-58(53)63-59/h1-40H. The fraction of sp³-hybridized carbons (Fsp3) is 0. The maximum absolute atomic E-state index is 2.47. The molecule has 12 rings (SSSR count). The van der Waals surface area contributed by atoms with Crippen molar-refractivity contribution in [2.75, 3.05) is 4.90 Å². The van der Waals surface area contributed by atoms with Crippen LogP contribution in [-0.4, -0.2) is 4.57 Å². The van der Waals surface area contributed by atoms with E-state index >= 15 is 0 Å². The lowest BCUT2D eigenvalue weighted by atomic mass is 9.93. The molecular weight excluding hydrogens is 781 g/mol. The van der Waals surface area contributed by atoms with Crippen molar-refractivity contribution >= 4 is 70.4 Å². The second kappa shape index (κ2) is 15.5. The minimum atomic E-state index is 1.10. The Morgan fingerprint density at radius 3 is 1.54 bits per heavy atom. The number of rotatable bonds is 8. The van der Waals surface area contributed by atoms with Crippen LogP contribution < -0.4 is 4.90 Å². The number of benzene rings is 10. The summed E-state index contributed by atoms with van der Waals surface area (Å²) < 4.78 is 5.09. The molecule has 10 aromatic carbocycles. The van der Waals surface area contributed by atoms with Crippen molar-refractivity contribution < 1.29 is 0 Å². The Morgan fingerprint density at radius 2 is 0.794 bits per heavy atom. The van der Waals surface area contributed by atoms with Gasteiger partial charge in [0.2, 0.25) is 0 Å². The van der Waals surface area contributed by atoms with Gasteiger partial charge in [-0.15, -0.1) is 11.3 Å². The second-order valence-corrected chi connectivity index (χ2v) is 17.1. The highest BCUT2D eigenvalue weighted by Gasteiger charge is 2.19. The van der Waals surface area contributed by atoms with Crippen molar-refractivity contribution in [2.45, 2.75) is 0 Å². The highest BCUT2D eigenvalue weighted by Crippen LogP contribution is 2.44. The van der Waals surface area contributed by atoms with E-state index in [4.69, 9.17) is 0 Å². The first-order chi connectivity index (χ1) is 31.3. The Labute approximate surface area is 370 Å². The summed E-state index contributed by atoms with van der Waals surface area (Å²) >= 11 is 1.87. The zero-order chi connectivity index (χ0) is 41.7. The molecule has 2 heterocycles. The fourth-order valence-electron chi connectivity index (χ4n) is 9.56. The van der Waals surface area contributed by atoms with Crippen molar-refractivity contribution in [1.29, 1.82) is 0 Å². The van der Waals surface area contributed by atoms with Gasteiger partial charge in [-0.05, 0) is 117 Å². The second-order valence-electron chi connectivity index (χ2n) is 16.1. The summed E-state index contributed by atoms with van der Waals surface area (Å²) in [6.45, 7) is 0. The quantitative estimate of drug-likeness (QED) is 0.148. The van der Waals surface area contributed by atoms with Gasteiger partial charge in [0.1, 0.15) is 0 Å². The fourth-order valence-corrected chi connectivity index (χ4v) is 10.7. The van der Waals surface area contributed by atoms with Crippen LogP contribution in [0.4, 0.5) is 17.1 Å². The van der Waals surface area contributed by atoms with Crippen LogP contribution in [0, 0.1) is 0 Å². The molecule has 0 fully saturated rings. The Balaban J connectivity index is 0.952. The number of aromatic nitrogens is 1. The number of para-hydroxylation sites is 2. The van der Waals surface area contributed by atoms with Gasteiger partial charge in [0.05, 0.1) is 16.7 Å². The van der Waals surface area contributed by atoms with E-state index in [9.17, 15) is 0 Å². The molecule has 0 bridgehead atoms. The van der Waals surface area contributed by atoms with Crippen LogP contribution in [0.25, 0.3) is 92.2 Å². The Bertz CT molecular complexity index is 3620. The number of thiophene rings is 1. The van der Waals surface area contributed by atoms with Gasteiger partial charge in [-0.3, -0.25) is 0 Å². The number of anilines is 3. The van der Waals surface area contributed by atoms with Crippen LogP contribution in [0.5, 0.6) is 0 Å². The van der Waals surface area contributed by atoms with Gasteiger partial charge >= 0.3 is 0 Å². The monoisotopic (exact) mass is 820 g/mol. The minimum Gasteiger partial charge on any atom is -0.310 e. The SMILES string of the molecule is c1ccc(-c2ccccc2-c2ccc(N(c3ccccc3)c3cccc(-c4ccccc4-c4ccc5c(c4)c4ccccc4n5-c4cccc5sc6ccccc6c45)c3)cc2)cc1. The third-order valence-corrected chi connectivity index (χ3v) is 13.5. The summed E-state index contributed by atoms with van der Waals surface area (Å²) in [7, 11) is 0. The molecule has 2 aromatic heterocycles. The van der Waals surface area contributed by atoms with Crippen molar-refractivity contribution in [1.82, 2.24) is 4.57 Å². The first-order valence-corrected chi connectivity index (χ1v) is 22.3. The highest BCUT2D eigenvalue weighted by molar-refractivity contribution is 7.25. The molecule has 0 amide bonds. The van der Waals surface area contributed by atoms with Crippen LogP contribution in [-0.2, 0) is 0 Å². The first kappa shape index (κ1) is 36.8. The third kappa shape index (κ3) is 6.41. The summed E-state index contributed by atoms with van der Waals surface area (Å²) in [5.74, 6) is 0. The number of hydrogen-bond donors (Lipinski definition) is 0. The lowest BCUT2D eigenvalue weighted by Gasteiger charge is -2.26. The van der Waals surface area contributed by atoms with Gasteiger partial charge in [-0.1, -0.05) is 170 Å². The summed E-state index contributed by atoms with van der Waals surface area (Å²) in [5, 5.41) is 5.11. The van der Waals surface area contributed by atoms with Crippen LogP contribution in [0.3, 0.4) is 0 Å². The predicted molar refractivity (Wildman–Crippen MR) is 270 cm³/mol.